The third-order valence-electron chi connectivity index (χ3n) is 6.22. The van der Waals surface area contributed by atoms with Crippen molar-refractivity contribution in [2.24, 2.45) is 23.7 Å². The average molecular weight is 273 g/mol. The lowest BCUT2D eigenvalue weighted by atomic mass is 9.48. The van der Waals surface area contributed by atoms with Gasteiger partial charge >= 0.3 is 0 Å². The summed E-state index contributed by atoms with van der Waals surface area (Å²) < 4.78 is 1.88. The predicted molar refractivity (Wildman–Crippen MR) is 69.3 cm³/mol. The first-order chi connectivity index (χ1) is 9.75. The van der Waals surface area contributed by atoms with E-state index in [0.717, 1.165) is 17.7 Å². The van der Waals surface area contributed by atoms with Crippen LogP contribution in [-0.4, -0.2) is 26.1 Å². The predicted octanol–water partition coefficient (Wildman–Crippen LogP) is 0.844. The molecule has 0 aromatic carbocycles. The van der Waals surface area contributed by atoms with Gasteiger partial charge in [-0.15, -0.1) is 5.10 Å². The lowest BCUT2D eigenvalue weighted by Gasteiger charge is -2.60. The van der Waals surface area contributed by atoms with Crippen LogP contribution in [0.1, 0.15) is 44.3 Å². The molecule has 0 unspecified atom stereocenters. The number of fused-ring (bicyclic) bond motifs is 1. The van der Waals surface area contributed by atoms with Crippen molar-refractivity contribution in [2.45, 2.75) is 50.6 Å². The van der Waals surface area contributed by atoms with E-state index in [1.54, 1.807) is 0 Å². The molecule has 4 fully saturated rings. The Hall–Kier alpha value is -1.46. The number of aromatic nitrogens is 4. The Labute approximate surface area is 117 Å². The zero-order chi connectivity index (χ0) is 13.3. The Morgan fingerprint density at radius 1 is 1.10 bits per heavy atom. The van der Waals surface area contributed by atoms with E-state index < -0.39 is 0 Å². The number of aryl methyl sites for hydroxylation is 1. The molecule has 0 saturated heterocycles. The topological polar surface area (TPSA) is 72.7 Å². The summed E-state index contributed by atoms with van der Waals surface area (Å²) in [7, 11) is 0. The number of carbonyl (C=O) groups is 1. The molecular weight excluding hydrogens is 254 g/mol. The molecule has 1 aliphatic heterocycles. The van der Waals surface area contributed by atoms with Crippen LogP contribution in [0.2, 0.25) is 0 Å². The van der Waals surface area contributed by atoms with Crippen LogP contribution >= 0.6 is 0 Å². The molecule has 1 aromatic heterocycles. The third kappa shape index (κ3) is 1.25. The molecule has 4 saturated carbocycles. The van der Waals surface area contributed by atoms with E-state index in [2.05, 4.69) is 20.8 Å². The molecule has 6 heteroatoms. The largest absolute Gasteiger partial charge is 0.343 e. The minimum Gasteiger partial charge on any atom is -0.343 e. The SMILES string of the molecule is O=C1CCn2nnnc2C2(N1)C1CC3CC(C1)CC2C3. The number of nitrogens with zero attached hydrogens (tertiary/aromatic N) is 4. The van der Waals surface area contributed by atoms with Gasteiger partial charge in [-0.2, -0.15) is 0 Å². The molecule has 4 bridgehead atoms. The second kappa shape index (κ2) is 3.59. The average Bonchev–Trinajstić information content (AvgIpc) is 2.84. The minimum absolute atomic E-state index is 0.157. The molecule has 6 nitrogen and oxygen atoms in total. The quantitative estimate of drug-likeness (QED) is 0.760. The van der Waals surface area contributed by atoms with Crippen LogP contribution in [0.3, 0.4) is 0 Å². The van der Waals surface area contributed by atoms with Crippen LogP contribution in [0, 0.1) is 23.7 Å². The van der Waals surface area contributed by atoms with Crippen molar-refractivity contribution >= 4 is 5.91 Å². The molecular formula is C14H19N5O. The van der Waals surface area contributed by atoms with Crippen LogP contribution in [-0.2, 0) is 16.9 Å². The molecule has 4 aliphatic carbocycles. The van der Waals surface area contributed by atoms with Crippen molar-refractivity contribution in [3.8, 4) is 0 Å². The van der Waals surface area contributed by atoms with E-state index in [0.29, 0.717) is 24.8 Å². The molecule has 1 amide bonds. The summed E-state index contributed by atoms with van der Waals surface area (Å²) >= 11 is 0. The zero-order valence-corrected chi connectivity index (χ0v) is 11.5. The van der Waals surface area contributed by atoms with Gasteiger partial charge in [0.15, 0.2) is 5.82 Å². The summed E-state index contributed by atoms with van der Waals surface area (Å²) in [6.45, 7) is 0.613. The zero-order valence-electron chi connectivity index (χ0n) is 11.5. The molecule has 0 atom stereocenters. The van der Waals surface area contributed by atoms with E-state index in [9.17, 15) is 4.79 Å². The Morgan fingerprint density at radius 2 is 1.80 bits per heavy atom. The van der Waals surface area contributed by atoms with Crippen molar-refractivity contribution in [3.63, 3.8) is 0 Å². The first kappa shape index (κ1) is 11.2. The number of nitrogens with one attached hydrogen (secondary N) is 1. The first-order valence-electron chi connectivity index (χ1n) is 7.83. The van der Waals surface area contributed by atoms with Gasteiger partial charge in [0.05, 0.1) is 6.54 Å². The lowest BCUT2D eigenvalue weighted by Crippen LogP contribution is -2.64. The van der Waals surface area contributed by atoms with Crippen LogP contribution in [0.15, 0.2) is 0 Å². The minimum atomic E-state index is -0.273. The second-order valence-electron chi connectivity index (χ2n) is 7.20. The van der Waals surface area contributed by atoms with Gasteiger partial charge in [0.2, 0.25) is 5.91 Å². The van der Waals surface area contributed by atoms with Crippen molar-refractivity contribution in [3.05, 3.63) is 5.82 Å². The maximum Gasteiger partial charge on any atom is 0.222 e. The van der Waals surface area contributed by atoms with E-state index in [1.165, 1.54) is 32.1 Å². The lowest BCUT2D eigenvalue weighted by molar-refractivity contribution is -0.132. The summed E-state index contributed by atoms with van der Waals surface area (Å²) in [4.78, 5) is 12.2. The highest BCUT2D eigenvalue weighted by Crippen LogP contribution is 2.61. The number of hydrogen-bond acceptors (Lipinski definition) is 4. The Morgan fingerprint density at radius 3 is 2.50 bits per heavy atom. The van der Waals surface area contributed by atoms with Crippen molar-refractivity contribution in [2.75, 3.05) is 0 Å². The maximum absolute atomic E-state index is 12.2. The van der Waals surface area contributed by atoms with Gasteiger partial charge < -0.3 is 5.32 Å². The summed E-state index contributed by atoms with van der Waals surface area (Å²) in [6.07, 6.45) is 6.84. The van der Waals surface area contributed by atoms with Gasteiger partial charge in [-0.1, -0.05) is 0 Å². The Bertz CT molecular complexity index is 552. The Balaban J connectivity index is 1.69. The molecule has 0 radical (unpaired) electrons. The summed E-state index contributed by atoms with van der Waals surface area (Å²) in [5, 5.41) is 15.7. The fourth-order valence-electron chi connectivity index (χ4n) is 5.70. The molecule has 1 spiro atoms. The van der Waals surface area contributed by atoms with Gasteiger partial charge in [0.25, 0.3) is 0 Å². The highest BCUT2D eigenvalue weighted by molar-refractivity contribution is 5.77. The normalized spacial score (nSPS) is 45.3. The second-order valence-corrected chi connectivity index (χ2v) is 7.20. The van der Waals surface area contributed by atoms with Gasteiger partial charge in [-0.25, -0.2) is 4.68 Å². The van der Waals surface area contributed by atoms with Crippen LogP contribution in [0.4, 0.5) is 0 Å². The molecule has 2 heterocycles. The highest BCUT2D eigenvalue weighted by atomic mass is 16.1. The van der Waals surface area contributed by atoms with E-state index >= 15 is 0 Å². The molecule has 20 heavy (non-hydrogen) atoms. The fourth-order valence-corrected chi connectivity index (χ4v) is 5.70. The number of carbonyl (C=O) groups excluding carboxylic acids is 1. The number of hydrogen-bond donors (Lipinski definition) is 1. The van der Waals surface area contributed by atoms with Gasteiger partial charge in [-0.05, 0) is 66.2 Å². The Kier molecular flexibility index (Phi) is 2.02. The summed E-state index contributed by atoms with van der Waals surface area (Å²) in [5.74, 6) is 3.89. The van der Waals surface area contributed by atoms with Gasteiger partial charge in [-0.3, -0.25) is 4.79 Å². The van der Waals surface area contributed by atoms with Crippen LogP contribution in [0.25, 0.3) is 0 Å². The number of tetrazole rings is 1. The highest BCUT2D eigenvalue weighted by Gasteiger charge is 2.61. The fraction of sp³-hybridized carbons (Fsp3) is 0.857. The third-order valence-corrected chi connectivity index (χ3v) is 6.22. The summed E-state index contributed by atoms with van der Waals surface area (Å²) in [6, 6.07) is 0. The van der Waals surface area contributed by atoms with E-state index in [1.807, 2.05) is 4.68 Å². The maximum atomic E-state index is 12.2. The smallest absolute Gasteiger partial charge is 0.222 e. The van der Waals surface area contributed by atoms with Crippen LogP contribution < -0.4 is 5.32 Å². The monoisotopic (exact) mass is 273 g/mol. The standard InChI is InChI=1S/C14H19N5O/c20-12-1-2-19-13(16-17-18-19)14(15-12)10-4-8-3-9(6-10)7-11(14)5-8/h8-11H,1-7H2,(H,15,20). The van der Waals surface area contributed by atoms with E-state index in [4.69, 9.17) is 0 Å². The number of amides is 1. The van der Waals surface area contributed by atoms with Gasteiger partial charge in [0.1, 0.15) is 5.54 Å². The number of rotatable bonds is 0. The molecule has 106 valence electrons. The molecule has 1 aromatic rings. The molecule has 1 N–H and O–H groups in total. The molecule has 5 aliphatic rings. The molecule has 6 rings (SSSR count). The van der Waals surface area contributed by atoms with Crippen molar-refractivity contribution in [1.82, 2.24) is 25.5 Å². The summed E-state index contributed by atoms with van der Waals surface area (Å²) in [5.41, 5.74) is -0.273. The van der Waals surface area contributed by atoms with Crippen LogP contribution in [0.5, 0.6) is 0 Å². The van der Waals surface area contributed by atoms with Crippen molar-refractivity contribution < 1.29 is 4.79 Å². The van der Waals surface area contributed by atoms with E-state index in [-0.39, 0.29) is 11.4 Å². The van der Waals surface area contributed by atoms with Crippen molar-refractivity contribution in [1.29, 1.82) is 0 Å². The van der Waals surface area contributed by atoms with Gasteiger partial charge in [0, 0.05) is 6.42 Å². The first-order valence-corrected chi connectivity index (χ1v) is 7.83.